The van der Waals surface area contributed by atoms with Crippen LogP contribution in [0, 0.1) is 15.9 Å². The smallest absolute Gasteiger partial charge is 0.395 e. The van der Waals surface area contributed by atoms with Crippen molar-refractivity contribution in [2.75, 3.05) is 11.4 Å². The van der Waals surface area contributed by atoms with Crippen LogP contribution < -0.4 is 10.2 Å². The molecule has 0 radical (unpaired) electrons. The highest BCUT2D eigenvalue weighted by molar-refractivity contribution is 6.03. The van der Waals surface area contributed by atoms with E-state index in [1.165, 1.54) is 23.1 Å². The van der Waals surface area contributed by atoms with Crippen LogP contribution in [0.25, 0.3) is 0 Å². The maximum atomic E-state index is 13.8. The second kappa shape index (κ2) is 6.11. The third-order valence-electron chi connectivity index (χ3n) is 3.65. The standard InChI is InChI=1S/C15H12FN3O5/c16-9-3-1-2-4-11(9)18-8-7-10(15(18)21)17-14(20)12-5-6-13(24-12)19(22)23/h1-6,10H,7-8H2,(H,17,20). The van der Waals surface area contributed by atoms with Crippen LogP contribution in [0.3, 0.4) is 0 Å². The Bertz CT molecular complexity index is 819. The summed E-state index contributed by atoms with van der Waals surface area (Å²) in [5.41, 5.74) is 0.146. The minimum Gasteiger partial charge on any atom is -0.395 e. The van der Waals surface area contributed by atoms with Crippen molar-refractivity contribution in [3.63, 3.8) is 0 Å². The zero-order valence-corrected chi connectivity index (χ0v) is 12.3. The molecule has 1 aromatic heterocycles. The summed E-state index contributed by atoms with van der Waals surface area (Å²) in [6, 6.07) is 7.21. The summed E-state index contributed by atoms with van der Waals surface area (Å²) in [6.45, 7) is 0.253. The summed E-state index contributed by atoms with van der Waals surface area (Å²) < 4.78 is 18.6. The largest absolute Gasteiger partial charge is 0.433 e. The van der Waals surface area contributed by atoms with Crippen LogP contribution in [-0.2, 0) is 4.79 Å². The summed E-state index contributed by atoms with van der Waals surface area (Å²) in [6.07, 6.45) is 0.293. The van der Waals surface area contributed by atoms with Crippen LogP contribution in [0.5, 0.6) is 0 Å². The number of carbonyl (C=O) groups excluding carboxylic acids is 2. The minimum absolute atomic E-state index is 0.146. The average molecular weight is 333 g/mol. The average Bonchev–Trinajstić information content (AvgIpc) is 3.17. The first kappa shape index (κ1) is 15.7. The molecular weight excluding hydrogens is 321 g/mol. The van der Waals surface area contributed by atoms with Crippen molar-refractivity contribution >= 4 is 23.4 Å². The van der Waals surface area contributed by atoms with Crippen molar-refractivity contribution in [1.29, 1.82) is 0 Å². The molecule has 3 rings (SSSR count). The number of para-hydroxylation sites is 1. The summed E-state index contributed by atoms with van der Waals surface area (Å²) in [5.74, 6) is -2.55. The predicted octanol–water partition coefficient (Wildman–Crippen LogP) is 1.86. The van der Waals surface area contributed by atoms with E-state index in [9.17, 15) is 24.1 Å². The Morgan fingerprint density at radius 2 is 2.08 bits per heavy atom. The van der Waals surface area contributed by atoms with Gasteiger partial charge in [-0.25, -0.2) is 4.39 Å². The van der Waals surface area contributed by atoms with Gasteiger partial charge in [-0.2, -0.15) is 0 Å². The van der Waals surface area contributed by atoms with Crippen LogP contribution in [0.15, 0.2) is 40.8 Å². The van der Waals surface area contributed by atoms with Crippen molar-refractivity contribution in [3.05, 3.63) is 58.1 Å². The maximum absolute atomic E-state index is 13.8. The number of hydrogen-bond acceptors (Lipinski definition) is 5. The molecular formula is C15H12FN3O5. The zero-order chi connectivity index (χ0) is 17.3. The van der Waals surface area contributed by atoms with Gasteiger partial charge in [0, 0.05) is 6.54 Å². The Hall–Kier alpha value is -3.23. The highest BCUT2D eigenvalue weighted by Crippen LogP contribution is 2.24. The van der Waals surface area contributed by atoms with Gasteiger partial charge in [0.2, 0.25) is 5.91 Å². The van der Waals surface area contributed by atoms with Crippen molar-refractivity contribution in [3.8, 4) is 0 Å². The van der Waals surface area contributed by atoms with Gasteiger partial charge in [0.05, 0.1) is 11.8 Å². The Balaban J connectivity index is 1.70. The molecule has 124 valence electrons. The van der Waals surface area contributed by atoms with Gasteiger partial charge in [-0.05, 0) is 24.6 Å². The number of amides is 2. The summed E-state index contributed by atoms with van der Waals surface area (Å²) in [5, 5.41) is 13.0. The van der Waals surface area contributed by atoms with E-state index < -0.39 is 34.5 Å². The van der Waals surface area contributed by atoms with Gasteiger partial charge in [0.25, 0.3) is 5.91 Å². The molecule has 0 bridgehead atoms. The van der Waals surface area contributed by atoms with Crippen molar-refractivity contribution in [1.82, 2.24) is 5.32 Å². The first-order valence-corrected chi connectivity index (χ1v) is 7.08. The number of halogens is 1. The van der Waals surface area contributed by atoms with Crippen LogP contribution in [0.1, 0.15) is 17.0 Å². The molecule has 1 fully saturated rings. The van der Waals surface area contributed by atoms with E-state index in [0.29, 0.717) is 6.42 Å². The quantitative estimate of drug-likeness (QED) is 0.679. The van der Waals surface area contributed by atoms with Crippen molar-refractivity contribution in [2.45, 2.75) is 12.5 Å². The Morgan fingerprint density at radius 3 is 2.75 bits per heavy atom. The molecule has 8 nitrogen and oxygen atoms in total. The fourth-order valence-corrected chi connectivity index (χ4v) is 2.50. The second-order valence-corrected chi connectivity index (χ2v) is 5.15. The summed E-state index contributed by atoms with van der Waals surface area (Å²) >= 11 is 0. The van der Waals surface area contributed by atoms with Crippen LogP contribution in [-0.4, -0.2) is 29.3 Å². The monoisotopic (exact) mass is 333 g/mol. The molecule has 1 aromatic carbocycles. The predicted molar refractivity (Wildman–Crippen MR) is 80.0 cm³/mol. The first-order chi connectivity index (χ1) is 11.5. The van der Waals surface area contributed by atoms with Crippen molar-refractivity contribution in [2.24, 2.45) is 0 Å². The van der Waals surface area contributed by atoms with E-state index in [-0.39, 0.29) is 18.0 Å². The molecule has 0 spiro atoms. The van der Waals surface area contributed by atoms with E-state index in [2.05, 4.69) is 5.32 Å². The van der Waals surface area contributed by atoms with E-state index in [0.717, 1.165) is 12.1 Å². The molecule has 24 heavy (non-hydrogen) atoms. The van der Waals surface area contributed by atoms with Crippen LogP contribution in [0.4, 0.5) is 16.0 Å². The number of hydrogen-bond donors (Lipinski definition) is 1. The number of nitrogens with zero attached hydrogens (tertiary/aromatic N) is 2. The van der Waals surface area contributed by atoms with Gasteiger partial charge in [-0.1, -0.05) is 12.1 Å². The molecule has 1 aliphatic rings. The molecule has 0 saturated carbocycles. The molecule has 2 aromatic rings. The Labute approximate surface area is 135 Å². The third kappa shape index (κ3) is 2.83. The molecule has 1 N–H and O–H groups in total. The van der Waals surface area contributed by atoms with E-state index in [1.807, 2.05) is 0 Å². The molecule has 2 amide bonds. The molecule has 2 heterocycles. The fraction of sp³-hybridized carbons (Fsp3) is 0.200. The fourth-order valence-electron chi connectivity index (χ4n) is 2.50. The van der Waals surface area contributed by atoms with Crippen LogP contribution >= 0.6 is 0 Å². The SMILES string of the molecule is O=C(NC1CCN(c2ccccc2F)C1=O)c1ccc([N+](=O)[O-])o1. The molecule has 0 aliphatic carbocycles. The summed E-state index contributed by atoms with van der Waals surface area (Å²) in [4.78, 5) is 35.4. The molecule has 1 saturated heterocycles. The van der Waals surface area contributed by atoms with Gasteiger partial charge in [0.1, 0.15) is 16.8 Å². The van der Waals surface area contributed by atoms with E-state index >= 15 is 0 Å². The lowest BCUT2D eigenvalue weighted by Crippen LogP contribution is -2.41. The van der Waals surface area contributed by atoms with Gasteiger partial charge in [-0.3, -0.25) is 19.7 Å². The van der Waals surface area contributed by atoms with E-state index in [4.69, 9.17) is 4.42 Å². The normalized spacial score (nSPS) is 17.1. The topological polar surface area (TPSA) is 106 Å². The number of anilines is 1. The highest BCUT2D eigenvalue weighted by atomic mass is 19.1. The third-order valence-corrected chi connectivity index (χ3v) is 3.65. The summed E-state index contributed by atoms with van der Waals surface area (Å²) in [7, 11) is 0. The van der Waals surface area contributed by atoms with Crippen LogP contribution in [0.2, 0.25) is 0 Å². The molecule has 1 unspecified atom stereocenters. The minimum atomic E-state index is -0.846. The number of nitrogens with one attached hydrogen (secondary N) is 1. The van der Waals surface area contributed by atoms with Gasteiger partial charge < -0.3 is 14.6 Å². The lowest BCUT2D eigenvalue weighted by molar-refractivity contribution is -0.402. The van der Waals surface area contributed by atoms with Gasteiger partial charge >= 0.3 is 5.88 Å². The lowest BCUT2D eigenvalue weighted by Gasteiger charge is -2.17. The number of carbonyl (C=O) groups is 2. The Kier molecular flexibility index (Phi) is 3.98. The number of benzene rings is 1. The highest BCUT2D eigenvalue weighted by Gasteiger charge is 2.35. The molecule has 9 heteroatoms. The molecule has 1 aliphatic heterocycles. The maximum Gasteiger partial charge on any atom is 0.433 e. The Morgan fingerprint density at radius 1 is 1.33 bits per heavy atom. The van der Waals surface area contributed by atoms with Gasteiger partial charge in [0.15, 0.2) is 5.76 Å². The van der Waals surface area contributed by atoms with Gasteiger partial charge in [-0.15, -0.1) is 0 Å². The van der Waals surface area contributed by atoms with E-state index in [1.54, 1.807) is 6.07 Å². The lowest BCUT2D eigenvalue weighted by atomic mass is 10.2. The van der Waals surface area contributed by atoms with Crippen molar-refractivity contribution < 1.29 is 23.3 Å². The zero-order valence-electron chi connectivity index (χ0n) is 12.3. The molecule has 1 atom stereocenters. The number of rotatable bonds is 4. The second-order valence-electron chi connectivity index (χ2n) is 5.15. The first-order valence-electron chi connectivity index (χ1n) is 7.08. The number of furan rings is 1. The number of nitro groups is 1.